The molecule has 25 heavy (non-hydrogen) atoms. The van der Waals surface area contributed by atoms with Crippen LogP contribution in [0.5, 0.6) is 0 Å². The number of H-pyrrole nitrogens is 1. The molecule has 2 aromatic rings. The van der Waals surface area contributed by atoms with Gasteiger partial charge < -0.3 is 0 Å². The van der Waals surface area contributed by atoms with Crippen LogP contribution in [0.15, 0.2) is 32.8 Å². The molecule has 2 heterocycles. The first kappa shape index (κ1) is 18.2. The molecule has 1 aromatic carbocycles. The highest BCUT2D eigenvalue weighted by Gasteiger charge is 2.30. The Labute approximate surface area is 152 Å². The standard InChI is InChI=1S/C14H15ClN4O4S2/c1-9-6-10(19-12(20)8-16-17-14(19)21)7-11(15)13(9)25(22,23)18-2-4-24-5-3-18/h6-8H,2-5H2,1H3,(H,17,21). The van der Waals surface area contributed by atoms with Crippen molar-refractivity contribution in [1.29, 1.82) is 0 Å². The second kappa shape index (κ2) is 6.94. The van der Waals surface area contributed by atoms with Crippen LogP contribution in [0.4, 0.5) is 0 Å². The Hall–Kier alpha value is -1.62. The lowest BCUT2D eigenvalue weighted by Crippen LogP contribution is -2.38. The van der Waals surface area contributed by atoms with E-state index in [1.54, 1.807) is 18.7 Å². The fourth-order valence-electron chi connectivity index (χ4n) is 2.68. The van der Waals surface area contributed by atoms with Gasteiger partial charge in [-0.1, -0.05) is 11.6 Å². The molecule has 1 aliphatic heterocycles. The topological polar surface area (TPSA) is 105 Å². The van der Waals surface area contributed by atoms with Crippen molar-refractivity contribution in [2.45, 2.75) is 11.8 Å². The Morgan fingerprint density at radius 1 is 1.24 bits per heavy atom. The Morgan fingerprint density at radius 3 is 2.52 bits per heavy atom. The zero-order valence-electron chi connectivity index (χ0n) is 13.2. The van der Waals surface area contributed by atoms with Crippen molar-refractivity contribution in [2.75, 3.05) is 24.6 Å². The Kier molecular flexibility index (Phi) is 5.05. The molecule has 0 spiro atoms. The lowest BCUT2D eigenvalue weighted by atomic mass is 10.2. The molecule has 134 valence electrons. The molecule has 0 unspecified atom stereocenters. The second-order valence-corrected chi connectivity index (χ2v) is 8.95. The minimum Gasteiger partial charge on any atom is -0.267 e. The third-order valence-corrected chi connectivity index (χ3v) is 7.25. The predicted molar refractivity (Wildman–Crippen MR) is 96.3 cm³/mol. The van der Waals surface area contributed by atoms with Crippen molar-refractivity contribution >= 4 is 33.4 Å². The van der Waals surface area contributed by atoms with Gasteiger partial charge in [0.1, 0.15) is 11.1 Å². The summed E-state index contributed by atoms with van der Waals surface area (Å²) in [7, 11) is -3.74. The van der Waals surface area contributed by atoms with Crippen LogP contribution in [0, 0.1) is 6.92 Å². The van der Waals surface area contributed by atoms with Crippen LogP contribution in [0.3, 0.4) is 0 Å². The van der Waals surface area contributed by atoms with E-state index in [-0.39, 0.29) is 15.6 Å². The number of nitrogens with zero attached hydrogens (tertiary/aromatic N) is 3. The summed E-state index contributed by atoms with van der Waals surface area (Å²) in [5.41, 5.74) is -0.817. The molecule has 0 saturated carbocycles. The highest BCUT2D eigenvalue weighted by molar-refractivity contribution is 7.99. The Bertz CT molecular complexity index is 974. The number of benzene rings is 1. The first-order valence-corrected chi connectivity index (χ1v) is 10.3. The number of thioether (sulfide) groups is 1. The van der Waals surface area contributed by atoms with Crippen LogP contribution in [0.1, 0.15) is 5.56 Å². The average Bonchev–Trinajstić information content (AvgIpc) is 2.54. The maximum absolute atomic E-state index is 12.9. The van der Waals surface area contributed by atoms with Gasteiger partial charge in [-0.2, -0.15) is 21.2 Å². The third-order valence-electron chi connectivity index (χ3n) is 3.80. The van der Waals surface area contributed by atoms with Gasteiger partial charge in [0.05, 0.1) is 10.7 Å². The van der Waals surface area contributed by atoms with E-state index in [1.165, 1.54) is 16.4 Å². The van der Waals surface area contributed by atoms with Gasteiger partial charge in [-0.25, -0.2) is 22.9 Å². The molecule has 1 N–H and O–H groups in total. The minimum atomic E-state index is -3.74. The highest BCUT2D eigenvalue weighted by Crippen LogP contribution is 2.31. The molecular weight excluding hydrogens is 388 g/mol. The van der Waals surface area contributed by atoms with Crippen LogP contribution in [0.2, 0.25) is 5.02 Å². The smallest absolute Gasteiger partial charge is 0.267 e. The summed E-state index contributed by atoms with van der Waals surface area (Å²) in [5, 5.41) is 5.55. The summed E-state index contributed by atoms with van der Waals surface area (Å²) in [6, 6.07) is 2.75. The zero-order valence-corrected chi connectivity index (χ0v) is 15.6. The molecule has 11 heteroatoms. The number of aromatic amines is 1. The largest absolute Gasteiger partial charge is 0.349 e. The molecule has 8 nitrogen and oxygen atoms in total. The van der Waals surface area contributed by atoms with E-state index in [9.17, 15) is 18.0 Å². The van der Waals surface area contributed by atoms with Gasteiger partial charge >= 0.3 is 5.69 Å². The number of rotatable bonds is 3. The molecule has 1 aliphatic rings. The first-order chi connectivity index (χ1) is 11.8. The van der Waals surface area contributed by atoms with Crippen LogP contribution < -0.4 is 11.2 Å². The van der Waals surface area contributed by atoms with Gasteiger partial charge in [0, 0.05) is 24.6 Å². The number of hydrogen-bond acceptors (Lipinski definition) is 6. The number of aryl methyl sites for hydroxylation is 1. The van der Waals surface area contributed by atoms with Gasteiger partial charge in [0.15, 0.2) is 0 Å². The number of aromatic nitrogens is 3. The fourth-order valence-corrected chi connectivity index (χ4v) is 6.06. The molecule has 0 bridgehead atoms. The number of sulfonamides is 1. The predicted octanol–water partition coefficient (Wildman–Crippen LogP) is 0.620. The van der Waals surface area contributed by atoms with Crippen molar-refractivity contribution in [3.63, 3.8) is 0 Å². The SMILES string of the molecule is Cc1cc(-n2c(=O)cn[nH]c2=O)cc(Cl)c1S(=O)(=O)N1CCSCC1. The normalized spacial score (nSPS) is 16.1. The maximum atomic E-state index is 12.9. The summed E-state index contributed by atoms with van der Waals surface area (Å²) in [5.74, 6) is 1.46. The van der Waals surface area contributed by atoms with Gasteiger partial charge in [-0.05, 0) is 24.6 Å². The summed E-state index contributed by atoms with van der Waals surface area (Å²) in [4.78, 5) is 23.8. The van der Waals surface area contributed by atoms with E-state index in [0.29, 0.717) is 18.7 Å². The quantitative estimate of drug-likeness (QED) is 0.806. The number of hydrogen-bond donors (Lipinski definition) is 1. The van der Waals surface area contributed by atoms with Crippen LogP contribution in [0.25, 0.3) is 5.69 Å². The molecule has 0 atom stereocenters. The molecular formula is C14H15ClN4O4S2. The van der Waals surface area contributed by atoms with Crippen LogP contribution >= 0.6 is 23.4 Å². The Balaban J connectivity index is 2.13. The first-order valence-electron chi connectivity index (χ1n) is 7.37. The molecule has 1 fully saturated rings. The zero-order chi connectivity index (χ0) is 18.2. The lowest BCUT2D eigenvalue weighted by Gasteiger charge is -2.27. The molecule has 1 saturated heterocycles. The molecule has 0 amide bonds. The summed E-state index contributed by atoms with van der Waals surface area (Å²) in [6.07, 6.45) is 0.959. The number of nitrogens with one attached hydrogen (secondary N) is 1. The van der Waals surface area contributed by atoms with E-state index < -0.39 is 21.3 Å². The lowest BCUT2D eigenvalue weighted by molar-refractivity contribution is 0.443. The van der Waals surface area contributed by atoms with E-state index in [2.05, 4.69) is 10.2 Å². The van der Waals surface area contributed by atoms with Crippen molar-refractivity contribution < 1.29 is 8.42 Å². The van der Waals surface area contributed by atoms with Gasteiger partial charge in [-0.3, -0.25) is 4.79 Å². The maximum Gasteiger partial charge on any atom is 0.349 e. The van der Waals surface area contributed by atoms with Gasteiger partial charge in [-0.15, -0.1) is 0 Å². The van der Waals surface area contributed by atoms with Crippen molar-refractivity contribution in [1.82, 2.24) is 19.1 Å². The minimum absolute atomic E-state index is 0.00310. The van der Waals surface area contributed by atoms with Gasteiger partial charge in [0.2, 0.25) is 10.0 Å². The van der Waals surface area contributed by atoms with E-state index >= 15 is 0 Å². The van der Waals surface area contributed by atoms with Crippen LogP contribution in [-0.2, 0) is 10.0 Å². The summed E-state index contributed by atoms with van der Waals surface area (Å²) >= 11 is 7.94. The average molecular weight is 403 g/mol. The second-order valence-electron chi connectivity index (χ2n) is 5.44. The van der Waals surface area contributed by atoms with Crippen molar-refractivity contribution in [3.05, 3.63) is 49.8 Å². The molecule has 0 radical (unpaired) electrons. The molecule has 0 aliphatic carbocycles. The van der Waals surface area contributed by atoms with E-state index in [4.69, 9.17) is 11.6 Å². The number of halogens is 1. The monoisotopic (exact) mass is 402 g/mol. The highest BCUT2D eigenvalue weighted by atomic mass is 35.5. The fraction of sp³-hybridized carbons (Fsp3) is 0.357. The summed E-state index contributed by atoms with van der Waals surface area (Å²) < 4.78 is 28.0. The Morgan fingerprint density at radius 2 is 1.92 bits per heavy atom. The van der Waals surface area contributed by atoms with Crippen molar-refractivity contribution in [2.24, 2.45) is 0 Å². The van der Waals surface area contributed by atoms with Crippen molar-refractivity contribution in [3.8, 4) is 5.69 Å². The van der Waals surface area contributed by atoms with E-state index in [1.807, 2.05) is 0 Å². The molecule has 1 aromatic heterocycles. The van der Waals surface area contributed by atoms with E-state index in [0.717, 1.165) is 22.3 Å². The van der Waals surface area contributed by atoms with Crippen LogP contribution in [-0.4, -0.2) is 52.1 Å². The summed E-state index contributed by atoms with van der Waals surface area (Å²) in [6.45, 7) is 2.43. The van der Waals surface area contributed by atoms with Gasteiger partial charge in [0.25, 0.3) is 5.56 Å². The molecule has 3 rings (SSSR count). The third kappa shape index (κ3) is 3.39.